The molecule has 14 heteroatoms. The van der Waals surface area contributed by atoms with E-state index in [1.807, 2.05) is 0 Å². The zero-order valence-corrected chi connectivity index (χ0v) is 22.4. The average Bonchev–Trinajstić information content (AvgIpc) is 3.38. The van der Waals surface area contributed by atoms with Gasteiger partial charge in [-0.1, -0.05) is 5.21 Å². The minimum Gasteiger partial charge on any atom is -0.481 e. The third-order valence-corrected chi connectivity index (χ3v) is 8.20. The van der Waals surface area contributed by atoms with Gasteiger partial charge in [-0.3, -0.25) is 23.3 Å². The van der Waals surface area contributed by atoms with Gasteiger partial charge in [0.1, 0.15) is 0 Å². The molecule has 2 atom stereocenters. The summed E-state index contributed by atoms with van der Waals surface area (Å²) in [5.74, 6) is -3.71. The average molecular weight is 569 g/mol. The molecule has 0 bridgehead atoms. The van der Waals surface area contributed by atoms with Gasteiger partial charge >= 0.3 is 19.5 Å². The molecule has 1 amide bonds. The Morgan fingerprint density at radius 1 is 1.15 bits per heavy atom. The van der Waals surface area contributed by atoms with Gasteiger partial charge in [0.2, 0.25) is 0 Å². The Morgan fingerprint density at radius 3 is 2.46 bits per heavy atom. The van der Waals surface area contributed by atoms with E-state index in [0.717, 1.165) is 5.69 Å². The summed E-state index contributed by atoms with van der Waals surface area (Å²) in [5, 5.41) is 26.0. The molecule has 2 heterocycles. The lowest BCUT2D eigenvalue weighted by Crippen LogP contribution is -2.38. The van der Waals surface area contributed by atoms with Crippen LogP contribution in [0.15, 0.2) is 30.5 Å². The Morgan fingerprint density at radius 2 is 1.85 bits per heavy atom. The van der Waals surface area contributed by atoms with Crippen molar-refractivity contribution >= 4 is 25.4 Å². The van der Waals surface area contributed by atoms with Gasteiger partial charge < -0.3 is 24.5 Å². The Labute approximate surface area is 225 Å². The third-order valence-electron chi connectivity index (χ3n) is 6.71. The van der Waals surface area contributed by atoms with Crippen LogP contribution in [0.5, 0.6) is 0 Å². The molecule has 0 aliphatic carbocycles. The normalized spacial score (nSPS) is 16.5. The van der Waals surface area contributed by atoms with E-state index >= 15 is 0 Å². The van der Waals surface area contributed by atoms with E-state index in [9.17, 15) is 33.3 Å². The molecule has 0 radical (unpaired) electrons. The number of hydrogen-bond acceptors (Lipinski definition) is 7. The summed E-state index contributed by atoms with van der Waals surface area (Å²) in [6.07, 6.45) is 3.20. The minimum absolute atomic E-state index is 0.0309. The number of amides is 1. The van der Waals surface area contributed by atoms with E-state index in [1.54, 1.807) is 40.0 Å². The summed E-state index contributed by atoms with van der Waals surface area (Å²) in [4.78, 5) is 46.7. The second-order valence-corrected chi connectivity index (χ2v) is 11.5. The van der Waals surface area contributed by atoms with Gasteiger partial charge in [0.25, 0.3) is 5.91 Å². The largest absolute Gasteiger partial charge is 0.481 e. The zero-order chi connectivity index (χ0) is 28.4. The van der Waals surface area contributed by atoms with Crippen LogP contribution in [0, 0.1) is 11.8 Å². The van der Waals surface area contributed by atoms with E-state index in [0.29, 0.717) is 56.5 Å². The number of aromatic nitrogens is 3. The number of halogens is 1. The van der Waals surface area contributed by atoms with Crippen LogP contribution in [0.3, 0.4) is 0 Å². The van der Waals surface area contributed by atoms with Crippen LogP contribution in [-0.4, -0.2) is 85.4 Å². The van der Waals surface area contributed by atoms with Gasteiger partial charge in [-0.05, 0) is 68.7 Å². The molecule has 3 N–H and O–H groups in total. The first-order chi connectivity index (χ1) is 18.6. The molecule has 1 aliphatic rings. The molecule has 0 spiro atoms. The highest BCUT2D eigenvalue weighted by atomic mass is 31.2. The highest BCUT2D eigenvalue weighted by Crippen LogP contribution is 2.45. The predicted molar refractivity (Wildman–Crippen MR) is 138 cm³/mol. The topological polar surface area (TPSA) is 172 Å². The van der Waals surface area contributed by atoms with Gasteiger partial charge in [0.15, 0.2) is 0 Å². The summed E-state index contributed by atoms with van der Waals surface area (Å²) in [6.45, 7) is 0.613. The lowest BCUT2D eigenvalue weighted by atomic mass is 9.93. The van der Waals surface area contributed by atoms with Crippen molar-refractivity contribution in [3.05, 3.63) is 41.7 Å². The fourth-order valence-corrected chi connectivity index (χ4v) is 5.83. The summed E-state index contributed by atoms with van der Waals surface area (Å²) < 4.78 is 31.4. The van der Waals surface area contributed by atoms with Crippen molar-refractivity contribution in [3.8, 4) is 5.69 Å². The number of nitrogens with zero attached hydrogens (tertiary/aromatic N) is 4. The first-order valence-corrected chi connectivity index (χ1v) is 14.6. The summed E-state index contributed by atoms with van der Waals surface area (Å²) in [7, 11) is -4.19. The lowest BCUT2D eigenvalue weighted by Gasteiger charge is -2.32. The van der Waals surface area contributed by atoms with Crippen molar-refractivity contribution in [1.29, 1.82) is 0 Å². The quantitative estimate of drug-likeness (QED) is 0.271. The number of carboxylic acid groups (broad SMARTS) is 2. The van der Waals surface area contributed by atoms with Crippen LogP contribution < -0.4 is 0 Å². The van der Waals surface area contributed by atoms with Crippen molar-refractivity contribution in [3.63, 3.8) is 0 Å². The van der Waals surface area contributed by atoms with E-state index in [1.165, 1.54) is 0 Å². The number of carbonyl (C=O) groups excluding carboxylic acids is 1. The van der Waals surface area contributed by atoms with Crippen LogP contribution in [0.2, 0.25) is 0 Å². The number of rotatable bonds is 15. The molecular weight excluding hydrogens is 534 g/mol. The fourth-order valence-electron chi connectivity index (χ4n) is 4.43. The van der Waals surface area contributed by atoms with Crippen molar-refractivity contribution in [1.82, 2.24) is 19.9 Å². The molecule has 2 unspecified atom stereocenters. The molecule has 1 aliphatic heterocycles. The van der Waals surface area contributed by atoms with Crippen LogP contribution in [0.25, 0.3) is 5.69 Å². The number of carboxylic acids is 2. The number of aryl methyl sites for hydroxylation is 1. The number of aliphatic carboxylic acids is 2. The molecule has 12 nitrogen and oxygen atoms in total. The SMILES string of the molecule is O=C(O)CCC(CP(=O)(O)OCCC1CCN(C(=O)c2ccc(-n3cc(CCCF)nn3)cc2)CC1)C(=O)O. The molecule has 1 fully saturated rings. The third kappa shape index (κ3) is 9.52. The Balaban J connectivity index is 1.42. The maximum atomic E-state index is 13.0. The van der Waals surface area contributed by atoms with Crippen molar-refractivity contribution < 1.29 is 43.0 Å². The van der Waals surface area contributed by atoms with Gasteiger partial charge in [-0.25, -0.2) is 4.68 Å². The lowest BCUT2D eigenvalue weighted by molar-refractivity contribution is -0.142. The van der Waals surface area contributed by atoms with Crippen molar-refractivity contribution in [2.24, 2.45) is 11.8 Å². The van der Waals surface area contributed by atoms with Crippen LogP contribution in [0.1, 0.15) is 54.6 Å². The molecule has 1 saturated heterocycles. The van der Waals surface area contributed by atoms with Gasteiger partial charge in [-0.15, -0.1) is 5.10 Å². The molecule has 0 saturated carbocycles. The van der Waals surface area contributed by atoms with Gasteiger partial charge in [0.05, 0.1) is 42.9 Å². The monoisotopic (exact) mass is 568 g/mol. The van der Waals surface area contributed by atoms with E-state index in [-0.39, 0.29) is 24.9 Å². The maximum Gasteiger partial charge on any atom is 0.328 e. The zero-order valence-electron chi connectivity index (χ0n) is 21.5. The molecular formula is C25H34FN4O8P. The van der Waals surface area contributed by atoms with E-state index in [2.05, 4.69) is 10.3 Å². The second-order valence-electron chi connectivity index (χ2n) is 9.64. The van der Waals surface area contributed by atoms with Gasteiger partial charge in [-0.2, -0.15) is 0 Å². The van der Waals surface area contributed by atoms with Crippen molar-refractivity contribution in [2.75, 3.05) is 32.5 Å². The Kier molecular flexibility index (Phi) is 11.1. The Hall–Kier alpha value is -3.15. The molecule has 39 heavy (non-hydrogen) atoms. The highest BCUT2D eigenvalue weighted by Gasteiger charge is 2.31. The number of piperidine rings is 1. The summed E-state index contributed by atoms with van der Waals surface area (Å²) in [5.41, 5.74) is 1.97. The van der Waals surface area contributed by atoms with Crippen LogP contribution in [-0.2, 0) is 25.1 Å². The highest BCUT2D eigenvalue weighted by molar-refractivity contribution is 7.52. The minimum atomic E-state index is -4.19. The van der Waals surface area contributed by atoms with Crippen molar-refractivity contribution in [2.45, 2.75) is 44.9 Å². The number of benzene rings is 1. The molecule has 214 valence electrons. The predicted octanol–water partition coefficient (Wildman–Crippen LogP) is 3.18. The molecule has 1 aromatic heterocycles. The summed E-state index contributed by atoms with van der Waals surface area (Å²) in [6, 6.07) is 6.99. The summed E-state index contributed by atoms with van der Waals surface area (Å²) >= 11 is 0. The number of likely N-dealkylation sites (tertiary alicyclic amines) is 1. The first kappa shape index (κ1) is 30.4. The fraction of sp³-hybridized carbons (Fsp3) is 0.560. The smallest absolute Gasteiger partial charge is 0.328 e. The molecule has 1 aromatic carbocycles. The standard InChI is InChI=1S/C25H34FN4O8P/c26-12-1-2-21-16-30(28-27-21)22-6-3-19(4-7-22)24(33)29-13-9-18(10-14-29)11-15-38-39(36,37)17-20(25(34)35)5-8-23(31)32/h3-4,6-7,16,18,20H,1-2,5,8-15,17H2,(H,31,32)(H,34,35)(H,36,37). The second kappa shape index (κ2) is 14.3. The van der Waals surface area contributed by atoms with E-state index in [4.69, 9.17) is 9.63 Å². The number of alkyl halides is 1. The maximum absolute atomic E-state index is 13.0. The van der Waals surface area contributed by atoms with Crippen LogP contribution in [0.4, 0.5) is 4.39 Å². The van der Waals surface area contributed by atoms with E-state index < -0.39 is 44.7 Å². The Bertz CT molecular complexity index is 1170. The molecule has 2 aromatic rings. The molecule has 3 rings (SSSR count). The van der Waals surface area contributed by atoms with Crippen LogP contribution >= 0.6 is 7.60 Å². The number of carbonyl (C=O) groups is 3. The first-order valence-electron chi connectivity index (χ1n) is 12.9. The van der Waals surface area contributed by atoms with Gasteiger partial charge in [0, 0.05) is 25.1 Å². The number of hydrogen-bond donors (Lipinski definition) is 3.